The molecule has 0 radical (unpaired) electrons. The first-order chi connectivity index (χ1) is 11.0. The van der Waals surface area contributed by atoms with Crippen LogP contribution in [0.5, 0.6) is 0 Å². The molecule has 0 amide bonds. The monoisotopic (exact) mass is 326 g/mol. The van der Waals surface area contributed by atoms with E-state index in [4.69, 9.17) is 5.73 Å². The zero-order valence-corrected chi connectivity index (χ0v) is 14.0. The predicted molar refractivity (Wildman–Crippen MR) is 97.0 cm³/mol. The Hall–Kier alpha value is -2.17. The molecule has 0 aliphatic rings. The van der Waals surface area contributed by atoms with Gasteiger partial charge in [0, 0.05) is 27.5 Å². The number of halogens is 1. The van der Waals surface area contributed by atoms with Gasteiger partial charge in [-0.15, -0.1) is 11.3 Å². The number of nitrogens with two attached hydrogens (primary N) is 1. The van der Waals surface area contributed by atoms with Gasteiger partial charge in [-0.1, -0.05) is 24.3 Å². The van der Waals surface area contributed by atoms with Crippen molar-refractivity contribution in [3.8, 4) is 21.6 Å². The first kappa shape index (κ1) is 15.7. The van der Waals surface area contributed by atoms with Crippen LogP contribution in [0, 0.1) is 5.82 Å². The van der Waals surface area contributed by atoms with E-state index < -0.39 is 0 Å². The lowest BCUT2D eigenvalue weighted by Gasteiger charge is -2.06. The van der Waals surface area contributed by atoms with Crippen LogP contribution in [0.2, 0.25) is 0 Å². The quantitative estimate of drug-likeness (QED) is 0.693. The Morgan fingerprint density at radius 2 is 1.57 bits per heavy atom. The highest BCUT2D eigenvalue weighted by atomic mass is 32.1. The van der Waals surface area contributed by atoms with Crippen LogP contribution < -0.4 is 5.73 Å². The molecule has 0 unspecified atom stereocenters. The van der Waals surface area contributed by atoms with Gasteiger partial charge in [-0.2, -0.15) is 0 Å². The van der Waals surface area contributed by atoms with Crippen molar-refractivity contribution in [3.63, 3.8) is 0 Å². The third kappa shape index (κ3) is 3.60. The Balaban J connectivity index is 2.10. The Morgan fingerprint density at radius 1 is 0.957 bits per heavy atom. The highest BCUT2D eigenvalue weighted by molar-refractivity contribution is 7.16. The van der Waals surface area contributed by atoms with Crippen LogP contribution in [-0.2, 0) is 6.54 Å². The van der Waals surface area contributed by atoms with Gasteiger partial charge in [0.25, 0.3) is 0 Å². The van der Waals surface area contributed by atoms with Crippen molar-refractivity contribution in [2.24, 2.45) is 0 Å². The zero-order chi connectivity index (χ0) is 16.4. The van der Waals surface area contributed by atoms with Crippen LogP contribution in [0.3, 0.4) is 0 Å². The second kappa shape index (κ2) is 6.52. The minimum Gasteiger partial charge on any atom is -0.399 e. The van der Waals surface area contributed by atoms with Gasteiger partial charge in [-0.25, -0.2) is 4.39 Å². The average molecular weight is 326 g/mol. The molecule has 23 heavy (non-hydrogen) atoms. The van der Waals surface area contributed by atoms with E-state index in [0.29, 0.717) is 0 Å². The van der Waals surface area contributed by atoms with E-state index >= 15 is 0 Å². The number of benzene rings is 2. The maximum absolute atomic E-state index is 13.2. The summed E-state index contributed by atoms with van der Waals surface area (Å²) in [6.07, 6.45) is 0. The molecule has 0 aliphatic carbocycles. The van der Waals surface area contributed by atoms with E-state index in [1.165, 1.54) is 22.6 Å². The maximum atomic E-state index is 13.2. The minimum atomic E-state index is -0.215. The molecule has 0 atom stereocenters. The van der Waals surface area contributed by atoms with Crippen LogP contribution in [0.4, 0.5) is 10.1 Å². The number of nitrogens with zero attached hydrogens (tertiary/aromatic N) is 1. The standard InChI is InChI=1S/C19H19FN2S/c1-22(2)12-17-11-18(13-5-9-16(21)10-6-13)19(23-17)14-3-7-15(20)8-4-14/h3-11H,12,21H2,1-2H3. The van der Waals surface area contributed by atoms with Crippen molar-refractivity contribution >= 4 is 17.0 Å². The van der Waals surface area contributed by atoms with Gasteiger partial charge < -0.3 is 10.6 Å². The van der Waals surface area contributed by atoms with Crippen LogP contribution >= 0.6 is 11.3 Å². The summed E-state index contributed by atoms with van der Waals surface area (Å²) in [6.45, 7) is 0.883. The molecule has 3 aromatic rings. The molecule has 0 saturated heterocycles. The number of anilines is 1. The highest BCUT2D eigenvalue weighted by Gasteiger charge is 2.13. The Morgan fingerprint density at radius 3 is 2.17 bits per heavy atom. The van der Waals surface area contributed by atoms with Crippen molar-refractivity contribution in [1.29, 1.82) is 0 Å². The minimum absolute atomic E-state index is 0.215. The Kier molecular flexibility index (Phi) is 4.46. The lowest BCUT2D eigenvalue weighted by atomic mass is 10.0. The van der Waals surface area contributed by atoms with Gasteiger partial charge in [-0.3, -0.25) is 0 Å². The first-order valence-electron chi connectivity index (χ1n) is 7.42. The summed E-state index contributed by atoms with van der Waals surface area (Å²) in [5, 5.41) is 0. The normalized spacial score (nSPS) is 11.1. The molecule has 0 bridgehead atoms. The van der Waals surface area contributed by atoms with Gasteiger partial charge in [-0.05, 0) is 55.6 Å². The topological polar surface area (TPSA) is 29.3 Å². The summed E-state index contributed by atoms with van der Waals surface area (Å²) in [5.74, 6) is -0.215. The van der Waals surface area contributed by atoms with Crippen LogP contribution in [0.15, 0.2) is 54.6 Å². The summed E-state index contributed by atoms with van der Waals surface area (Å²) in [5.41, 5.74) is 9.87. The summed E-state index contributed by atoms with van der Waals surface area (Å²) >= 11 is 1.75. The van der Waals surface area contributed by atoms with E-state index in [1.54, 1.807) is 11.3 Å². The molecule has 0 spiro atoms. The molecule has 0 aliphatic heterocycles. The smallest absolute Gasteiger partial charge is 0.123 e. The number of hydrogen-bond donors (Lipinski definition) is 1. The van der Waals surface area contributed by atoms with Crippen molar-refractivity contribution in [2.45, 2.75) is 6.54 Å². The molecule has 2 aromatic carbocycles. The predicted octanol–water partition coefficient (Wildman–Crippen LogP) is 4.87. The van der Waals surface area contributed by atoms with Crippen molar-refractivity contribution in [2.75, 3.05) is 19.8 Å². The number of hydrogen-bond acceptors (Lipinski definition) is 3. The number of rotatable bonds is 4. The van der Waals surface area contributed by atoms with Crippen molar-refractivity contribution in [1.82, 2.24) is 4.90 Å². The lowest BCUT2D eigenvalue weighted by Crippen LogP contribution is -2.09. The SMILES string of the molecule is CN(C)Cc1cc(-c2ccc(N)cc2)c(-c2ccc(F)cc2)s1. The van der Waals surface area contributed by atoms with Crippen molar-refractivity contribution < 1.29 is 4.39 Å². The number of nitrogen functional groups attached to an aromatic ring is 1. The first-order valence-corrected chi connectivity index (χ1v) is 8.24. The molecule has 1 aromatic heterocycles. The fourth-order valence-electron chi connectivity index (χ4n) is 2.52. The van der Waals surface area contributed by atoms with E-state index in [9.17, 15) is 4.39 Å². The number of thiophene rings is 1. The average Bonchev–Trinajstić information content (AvgIpc) is 2.91. The van der Waals surface area contributed by atoms with Gasteiger partial charge in [0.05, 0.1) is 0 Å². The second-order valence-corrected chi connectivity index (χ2v) is 6.96. The molecular formula is C19H19FN2S. The van der Waals surface area contributed by atoms with Gasteiger partial charge >= 0.3 is 0 Å². The van der Waals surface area contributed by atoms with Crippen LogP contribution in [-0.4, -0.2) is 19.0 Å². The molecule has 0 saturated carbocycles. The third-order valence-corrected chi connectivity index (χ3v) is 4.75. The van der Waals surface area contributed by atoms with Crippen LogP contribution in [0.25, 0.3) is 21.6 Å². The maximum Gasteiger partial charge on any atom is 0.123 e. The molecule has 2 N–H and O–H groups in total. The van der Waals surface area contributed by atoms with Gasteiger partial charge in [0.1, 0.15) is 5.82 Å². The Labute approximate surface area is 140 Å². The molecule has 0 fully saturated rings. The summed E-state index contributed by atoms with van der Waals surface area (Å²) in [7, 11) is 4.11. The van der Waals surface area contributed by atoms with E-state index in [0.717, 1.165) is 28.2 Å². The summed E-state index contributed by atoms with van der Waals surface area (Å²) in [4.78, 5) is 4.58. The fourth-order valence-corrected chi connectivity index (χ4v) is 3.83. The summed E-state index contributed by atoms with van der Waals surface area (Å²) in [6, 6.07) is 16.8. The lowest BCUT2D eigenvalue weighted by molar-refractivity contribution is 0.406. The molecular weight excluding hydrogens is 307 g/mol. The molecule has 1 heterocycles. The Bertz CT molecular complexity index is 726. The second-order valence-electron chi connectivity index (χ2n) is 5.82. The van der Waals surface area contributed by atoms with Crippen LogP contribution in [0.1, 0.15) is 4.88 Å². The highest BCUT2D eigenvalue weighted by Crippen LogP contribution is 2.40. The van der Waals surface area contributed by atoms with E-state index in [-0.39, 0.29) is 5.82 Å². The van der Waals surface area contributed by atoms with Gasteiger partial charge in [0.2, 0.25) is 0 Å². The zero-order valence-electron chi connectivity index (χ0n) is 13.2. The largest absolute Gasteiger partial charge is 0.399 e. The molecule has 3 rings (SSSR count). The molecule has 118 valence electrons. The molecule has 2 nitrogen and oxygen atoms in total. The summed E-state index contributed by atoms with van der Waals surface area (Å²) < 4.78 is 13.2. The molecule has 4 heteroatoms. The van der Waals surface area contributed by atoms with E-state index in [2.05, 4.69) is 25.1 Å². The van der Waals surface area contributed by atoms with Crippen molar-refractivity contribution in [3.05, 3.63) is 65.3 Å². The van der Waals surface area contributed by atoms with E-state index in [1.807, 2.05) is 36.4 Å². The fraction of sp³-hybridized carbons (Fsp3) is 0.158. The third-order valence-electron chi connectivity index (χ3n) is 3.58. The van der Waals surface area contributed by atoms with Gasteiger partial charge in [0.15, 0.2) is 0 Å².